The number of hydrogen-bond acceptors (Lipinski definition) is 2. The number of amides is 1. The van der Waals surface area contributed by atoms with Crippen LogP contribution in [0.2, 0.25) is 0 Å². The summed E-state index contributed by atoms with van der Waals surface area (Å²) in [6.45, 7) is 0. The summed E-state index contributed by atoms with van der Waals surface area (Å²) in [5.74, 6) is -1.57. The third-order valence-electron chi connectivity index (χ3n) is 6.12. The van der Waals surface area contributed by atoms with E-state index in [-0.39, 0.29) is 29.4 Å². The number of fused-ring (bicyclic) bond motifs is 1. The molecular formula is C26H20F2N2O. The van der Waals surface area contributed by atoms with Gasteiger partial charge >= 0.3 is 0 Å². The van der Waals surface area contributed by atoms with Crippen molar-refractivity contribution in [2.45, 2.75) is 18.3 Å². The number of nitrogens with zero attached hydrogens (tertiary/aromatic N) is 1. The maximum Gasteiger partial charge on any atom is 0.228 e. The number of pyridine rings is 1. The first-order chi connectivity index (χ1) is 15.1. The Morgan fingerprint density at radius 2 is 1.45 bits per heavy atom. The second-order valence-electron chi connectivity index (χ2n) is 7.95. The Hall–Kier alpha value is -3.60. The van der Waals surface area contributed by atoms with Gasteiger partial charge in [0.25, 0.3) is 0 Å². The number of carbonyl (C=O) groups excluding carboxylic acids is 1. The van der Waals surface area contributed by atoms with Crippen molar-refractivity contribution >= 4 is 22.5 Å². The van der Waals surface area contributed by atoms with Crippen molar-refractivity contribution in [1.29, 1.82) is 0 Å². The average molecular weight is 414 g/mol. The molecule has 1 fully saturated rings. The van der Waals surface area contributed by atoms with Crippen molar-refractivity contribution < 1.29 is 13.6 Å². The first-order valence-corrected chi connectivity index (χ1v) is 10.3. The monoisotopic (exact) mass is 414 g/mol. The fourth-order valence-corrected chi connectivity index (χ4v) is 4.60. The first-order valence-electron chi connectivity index (χ1n) is 10.3. The number of anilines is 1. The molecule has 4 aromatic rings. The molecule has 1 aliphatic carbocycles. The highest BCUT2D eigenvalue weighted by Crippen LogP contribution is 2.53. The van der Waals surface area contributed by atoms with E-state index in [0.717, 1.165) is 16.5 Å². The van der Waals surface area contributed by atoms with E-state index in [1.165, 1.54) is 24.3 Å². The Bertz CT molecular complexity index is 1220. The number of nitrogens with one attached hydrogen (secondary N) is 1. The minimum atomic E-state index is -0.442. The first kappa shape index (κ1) is 19.4. The number of para-hydroxylation sites is 1. The zero-order valence-electron chi connectivity index (χ0n) is 16.6. The minimum Gasteiger partial charge on any atom is -0.324 e. The molecule has 3 atom stereocenters. The van der Waals surface area contributed by atoms with Crippen molar-refractivity contribution in [3.8, 4) is 0 Å². The third-order valence-corrected chi connectivity index (χ3v) is 6.12. The minimum absolute atomic E-state index is 0.146. The summed E-state index contributed by atoms with van der Waals surface area (Å²) in [4.78, 5) is 17.9. The average Bonchev–Trinajstić information content (AvgIpc) is 2.73. The fraction of sp³-hybridized carbons (Fsp3) is 0.154. The molecule has 31 heavy (non-hydrogen) atoms. The number of aromatic nitrogens is 1. The molecule has 5 heteroatoms. The highest BCUT2D eigenvalue weighted by atomic mass is 19.1. The molecule has 0 spiro atoms. The number of rotatable bonds is 4. The molecule has 1 heterocycles. The van der Waals surface area contributed by atoms with Gasteiger partial charge in [-0.3, -0.25) is 9.78 Å². The second-order valence-corrected chi connectivity index (χ2v) is 7.95. The SMILES string of the molecule is O=C(Nc1cccc2cccnc12)C1[C@@H](c2cccc(F)c2)C[C@H]1c1cccc(F)c1. The molecule has 5 rings (SSSR count). The van der Waals surface area contributed by atoms with Gasteiger partial charge in [-0.05, 0) is 65.8 Å². The molecule has 1 N–H and O–H groups in total. The predicted molar refractivity (Wildman–Crippen MR) is 117 cm³/mol. The van der Waals surface area contributed by atoms with Crippen molar-refractivity contribution in [3.05, 3.63) is 108 Å². The summed E-state index contributed by atoms with van der Waals surface area (Å²) < 4.78 is 27.7. The number of hydrogen-bond donors (Lipinski definition) is 1. The maximum absolute atomic E-state index is 13.9. The lowest BCUT2D eigenvalue weighted by Crippen LogP contribution is -2.42. The van der Waals surface area contributed by atoms with Crippen LogP contribution in [-0.4, -0.2) is 10.9 Å². The van der Waals surface area contributed by atoms with E-state index in [1.807, 2.05) is 42.5 Å². The van der Waals surface area contributed by atoms with Crippen LogP contribution in [0.15, 0.2) is 85.1 Å². The summed E-state index contributed by atoms with van der Waals surface area (Å²) in [7, 11) is 0. The van der Waals surface area contributed by atoms with Gasteiger partial charge in [0.15, 0.2) is 0 Å². The van der Waals surface area contributed by atoms with Gasteiger partial charge < -0.3 is 5.32 Å². The highest BCUT2D eigenvalue weighted by Gasteiger charge is 2.47. The lowest BCUT2D eigenvalue weighted by atomic mass is 9.59. The number of halogens is 2. The van der Waals surface area contributed by atoms with E-state index in [4.69, 9.17) is 0 Å². The van der Waals surface area contributed by atoms with Gasteiger partial charge in [0.05, 0.1) is 17.1 Å². The van der Waals surface area contributed by atoms with Crippen molar-refractivity contribution in [3.63, 3.8) is 0 Å². The normalized spacial score (nSPS) is 20.3. The lowest BCUT2D eigenvalue weighted by Gasteiger charge is -2.44. The Kier molecular flexibility index (Phi) is 4.94. The molecule has 154 valence electrons. The standard InChI is InChI=1S/C26H20F2N2O/c27-19-9-1-6-17(13-19)21-15-22(18-7-2-10-20(28)14-18)24(21)26(31)30-23-11-3-5-16-8-4-12-29-25(16)23/h1-14,21-22,24H,15H2,(H,30,31)/t21-,22+,24?. The van der Waals surface area contributed by atoms with Gasteiger partial charge in [-0.1, -0.05) is 42.5 Å². The molecule has 3 aromatic carbocycles. The molecule has 1 aromatic heterocycles. The predicted octanol–water partition coefficient (Wildman–Crippen LogP) is 6.04. The van der Waals surface area contributed by atoms with E-state index in [9.17, 15) is 13.6 Å². The zero-order valence-corrected chi connectivity index (χ0v) is 16.6. The zero-order chi connectivity index (χ0) is 21.4. The Morgan fingerprint density at radius 1 is 0.839 bits per heavy atom. The Balaban J connectivity index is 1.49. The lowest BCUT2D eigenvalue weighted by molar-refractivity contribution is -0.124. The van der Waals surface area contributed by atoms with E-state index in [0.29, 0.717) is 17.6 Å². The van der Waals surface area contributed by atoms with Crippen LogP contribution in [0.5, 0.6) is 0 Å². The summed E-state index contributed by atoms with van der Waals surface area (Å²) in [5, 5.41) is 3.95. The van der Waals surface area contributed by atoms with E-state index >= 15 is 0 Å². The van der Waals surface area contributed by atoms with Crippen molar-refractivity contribution in [2.24, 2.45) is 5.92 Å². The van der Waals surface area contributed by atoms with E-state index < -0.39 is 5.92 Å². The molecule has 3 nitrogen and oxygen atoms in total. The molecule has 1 saturated carbocycles. The highest BCUT2D eigenvalue weighted by molar-refractivity contribution is 6.02. The van der Waals surface area contributed by atoms with Gasteiger partial charge in [-0.25, -0.2) is 8.78 Å². The smallest absolute Gasteiger partial charge is 0.228 e. The summed E-state index contributed by atoms with van der Waals surface area (Å²) in [6.07, 6.45) is 2.34. The molecule has 0 aliphatic heterocycles. The Labute approximate surface area is 178 Å². The molecule has 1 aliphatic rings. The van der Waals surface area contributed by atoms with E-state index in [1.54, 1.807) is 18.3 Å². The van der Waals surface area contributed by atoms with Crippen LogP contribution in [0, 0.1) is 17.6 Å². The summed E-state index contributed by atoms with van der Waals surface area (Å²) in [5.41, 5.74) is 2.90. The maximum atomic E-state index is 13.9. The van der Waals surface area contributed by atoms with Gasteiger partial charge in [0.1, 0.15) is 11.6 Å². The molecular weight excluding hydrogens is 394 g/mol. The molecule has 1 unspecified atom stereocenters. The van der Waals surface area contributed by atoms with Gasteiger partial charge in [0, 0.05) is 11.6 Å². The van der Waals surface area contributed by atoms with Gasteiger partial charge in [-0.15, -0.1) is 0 Å². The topological polar surface area (TPSA) is 42.0 Å². The Morgan fingerprint density at radius 3 is 2.10 bits per heavy atom. The van der Waals surface area contributed by atoms with Crippen LogP contribution in [0.1, 0.15) is 29.4 Å². The molecule has 1 amide bonds. The van der Waals surface area contributed by atoms with Gasteiger partial charge in [0.2, 0.25) is 5.91 Å². The van der Waals surface area contributed by atoms with Gasteiger partial charge in [-0.2, -0.15) is 0 Å². The van der Waals surface area contributed by atoms with Crippen LogP contribution >= 0.6 is 0 Å². The van der Waals surface area contributed by atoms with Crippen LogP contribution in [0.3, 0.4) is 0 Å². The second kappa shape index (κ2) is 7.91. The third kappa shape index (κ3) is 3.67. The van der Waals surface area contributed by atoms with Crippen LogP contribution in [-0.2, 0) is 4.79 Å². The fourth-order valence-electron chi connectivity index (χ4n) is 4.60. The van der Waals surface area contributed by atoms with E-state index in [2.05, 4.69) is 10.3 Å². The number of carbonyl (C=O) groups is 1. The van der Waals surface area contributed by atoms with Crippen molar-refractivity contribution in [2.75, 3.05) is 5.32 Å². The largest absolute Gasteiger partial charge is 0.324 e. The number of benzene rings is 3. The van der Waals surface area contributed by atoms with Crippen LogP contribution in [0.4, 0.5) is 14.5 Å². The van der Waals surface area contributed by atoms with Crippen LogP contribution in [0.25, 0.3) is 10.9 Å². The summed E-state index contributed by atoms with van der Waals surface area (Å²) >= 11 is 0. The quantitative estimate of drug-likeness (QED) is 0.442. The van der Waals surface area contributed by atoms with Crippen molar-refractivity contribution in [1.82, 2.24) is 4.98 Å². The summed E-state index contributed by atoms with van der Waals surface area (Å²) in [6, 6.07) is 22.1. The molecule has 0 saturated heterocycles. The van der Waals surface area contributed by atoms with Crippen LogP contribution < -0.4 is 5.32 Å². The molecule has 0 bridgehead atoms. The molecule has 0 radical (unpaired) electrons.